The molecule has 1 N–H and O–H groups in total. The van der Waals surface area contributed by atoms with Crippen LogP contribution in [0, 0.1) is 0 Å². The lowest BCUT2D eigenvalue weighted by atomic mass is 10.3. The summed E-state index contributed by atoms with van der Waals surface area (Å²) in [5.41, 5.74) is 0. The van der Waals surface area contributed by atoms with E-state index >= 15 is 0 Å². The molecule has 0 bridgehead atoms. The molecule has 0 radical (unpaired) electrons. The molecule has 1 fully saturated rings. The Morgan fingerprint density at radius 1 is 1.67 bits per heavy atom. The van der Waals surface area contributed by atoms with Crippen LogP contribution < -0.4 is 5.32 Å². The zero-order chi connectivity index (χ0) is 13.0. The Hall–Kier alpha value is -1.15. The molecule has 1 unspecified atom stereocenters. The van der Waals surface area contributed by atoms with Crippen LogP contribution in [0.1, 0.15) is 25.8 Å². The number of hydrogen-bond acceptors (Lipinski definition) is 7. The van der Waals surface area contributed by atoms with E-state index in [0.29, 0.717) is 18.4 Å². The number of nitrogens with one attached hydrogen (secondary N) is 1. The topological polar surface area (TPSA) is 81.9 Å². The summed E-state index contributed by atoms with van der Waals surface area (Å²) in [6, 6.07) is 0.109. The van der Waals surface area contributed by atoms with Gasteiger partial charge in [0.1, 0.15) is 6.04 Å². The molecule has 0 spiro atoms. The second-order valence-electron chi connectivity index (χ2n) is 4.04. The van der Waals surface area contributed by atoms with Gasteiger partial charge in [-0.2, -0.15) is 0 Å². The molecule has 7 nitrogen and oxygen atoms in total. The van der Waals surface area contributed by atoms with Crippen molar-refractivity contribution in [3.05, 3.63) is 0 Å². The van der Waals surface area contributed by atoms with Gasteiger partial charge < -0.3 is 10.1 Å². The molecule has 18 heavy (non-hydrogen) atoms. The van der Waals surface area contributed by atoms with Crippen LogP contribution in [0.4, 0.5) is 0 Å². The van der Waals surface area contributed by atoms with Gasteiger partial charge >= 0.3 is 5.97 Å². The minimum Gasteiger partial charge on any atom is -0.465 e. The van der Waals surface area contributed by atoms with Gasteiger partial charge in [0.25, 0.3) is 0 Å². The SMILES string of the molecule is CCOC(=O)C(CSc1nnnn1C1CC1)NC. The maximum Gasteiger partial charge on any atom is 0.323 e. The Morgan fingerprint density at radius 2 is 2.44 bits per heavy atom. The average molecular weight is 271 g/mol. The van der Waals surface area contributed by atoms with E-state index in [1.54, 1.807) is 14.0 Å². The monoisotopic (exact) mass is 271 g/mol. The predicted molar refractivity (Wildman–Crippen MR) is 66.3 cm³/mol. The lowest BCUT2D eigenvalue weighted by Crippen LogP contribution is -2.37. The van der Waals surface area contributed by atoms with E-state index < -0.39 is 0 Å². The van der Waals surface area contributed by atoms with E-state index in [-0.39, 0.29) is 12.0 Å². The summed E-state index contributed by atoms with van der Waals surface area (Å²) in [5, 5.41) is 15.3. The number of tetrazole rings is 1. The molecular weight excluding hydrogens is 254 g/mol. The van der Waals surface area contributed by atoms with Crippen LogP contribution in [-0.4, -0.2) is 51.6 Å². The van der Waals surface area contributed by atoms with E-state index in [0.717, 1.165) is 18.0 Å². The molecule has 1 aliphatic rings. The van der Waals surface area contributed by atoms with Gasteiger partial charge in [0.2, 0.25) is 5.16 Å². The molecule has 100 valence electrons. The number of nitrogens with zero attached hydrogens (tertiary/aromatic N) is 4. The van der Waals surface area contributed by atoms with Gasteiger partial charge in [0.05, 0.1) is 12.6 Å². The van der Waals surface area contributed by atoms with Gasteiger partial charge in [0.15, 0.2) is 0 Å². The summed E-state index contributed by atoms with van der Waals surface area (Å²) in [7, 11) is 1.74. The first-order valence-electron chi connectivity index (χ1n) is 6.00. The normalized spacial score (nSPS) is 16.6. The van der Waals surface area contributed by atoms with Gasteiger partial charge in [-0.25, -0.2) is 4.68 Å². The Bertz CT molecular complexity index is 407. The average Bonchev–Trinajstić information content (AvgIpc) is 3.10. The molecule has 0 aromatic carbocycles. The first kappa shape index (κ1) is 13.3. The highest BCUT2D eigenvalue weighted by Gasteiger charge is 2.28. The van der Waals surface area contributed by atoms with Gasteiger partial charge in [-0.3, -0.25) is 4.79 Å². The molecule has 8 heteroatoms. The molecule has 1 aromatic heterocycles. The molecule has 0 amide bonds. The number of rotatable bonds is 7. The molecule has 2 rings (SSSR count). The number of ether oxygens (including phenoxy) is 1. The lowest BCUT2D eigenvalue weighted by Gasteiger charge is -2.13. The van der Waals surface area contributed by atoms with E-state index in [1.165, 1.54) is 11.8 Å². The van der Waals surface area contributed by atoms with Crippen molar-refractivity contribution in [3.63, 3.8) is 0 Å². The van der Waals surface area contributed by atoms with Crippen molar-refractivity contribution < 1.29 is 9.53 Å². The summed E-state index contributed by atoms with van der Waals surface area (Å²) >= 11 is 1.47. The number of likely N-dealkylation sites (N-methyl/N-ethyl adjacent to an activating group) is 1. The van der Waals surface area contributed by atoms with Crippen molar-refractivity contribution in [2.24, 2.45) is 0 Å². The summed E-state index contributed by atoms with van der Waals surface area (Å²) in [5.74, 6) is 0.320. The highest BCUT2D eigenvalue weighted by atomic mass is 32.2. The number of carbonyl (C=O) groups is 1. The van der Waals surface area contributed by atoms with Crippen LogP contribution in [0.3, 0.4) is 0 Å². The van der Waals surface area contributed by atoms with Crippen LogP contribution in [0.15, 0.2) is 5.16 Å². The van der Waals surface area contributed by atoms with Crippen molar-refractivity contribution in [2.75, 3.05) is 19.4 Å². The van der Waals surface area contributed by atoms with Crippen LogP contribution in [0.2, 0.25) is 0 Å². The van der Waals surface area contributed by atoms with Crippen molar-refractivity contribution in [2.45, 2.75) is 37.0 Å². The first-order chi connectivity index (χ1) is 8.76. The van der Waals surface area contributed by atoms with Crippen LogP contribution in [0.25, 0.3) is 0 Å². The molecule has 0 saturated heterocycles. The Morgan fingerprint density at radius 3 is 3.06 bits per heavy atom. The molecule has 0 aliphatic heterocycles. The highest BCUT2D eigenvalue weighted by molar-refractivity contribution is 7.99. The second kappa shape index (κ2) is 6.14. The third kappa shape index (κ3) is 3.20. The Labute approximate surface area is 110 Å². The summed E-state index contributed by atoms with van der Waals surface area (Å²) in [4.78, 5) is 11.6. The second-order valence-corrected chi connectivity index (χ2v) is 5.03. The lowest BCUT2D eigenvalue weighted by molar-refractivity contribution is -0.144. The van der Waals surface area contributed by atoms with Crippen LogP contribution in [-0.2, 0) is 9.53 Å². The number of carbonyl (C=O) groups excluding carboxylic acids is 1. The third-order valence-corrected chi connectivity index (χ3v) is 3.68. The van der Waals surface area contributed by atoms with Crippen molar-refractivity contribution in [1.29, 1.82) is 0 Å². The largest absolute Gasteiger partial charge is 0.465 e. The summed E-state index contributed by atoms with van der Waals surface area (Å²) in [6.45, 7) is 2.19. The van der Waals surface area contributed by atoms with E-state index in [4.69, 9.17) is 4.74 Å². The van der Waals surface area contributed by atoms with Gasteiger partial charge in [-0.1, -0.05) is 11.8 Å². The fourth-order valence-corrected chi connectivity index (χ4v) is 2.53. The zero-order valence-electron chi connectivity index (χ0n) is 10.5. The van der Waals surface area contributed by atoms with Crippen LogP contribution in [0.5, 0.6) is 0 Å². The zero-order valence-corrected chi connectivity index (χ0v) is 11.3. The summed E-state index contributed by atoms with van der Waals surface area (Å²) in [6.07, 6.45) is 2.26. The Balaban J connectivity index is 1.88. The quantitative estimate of drug-likeness (QED) is 0.562. The molecule has 1 aromatic rings. The number of thioether (sulfide) groups is 1. The summed E-state index contributed by atoms with van der Waals surface area (Å²) < 4.78 is 6.82. The Kier molecular flexibility index (Phi) is 4.54. The molecule has 1 saturated carbocycles. The smallest absolute Gasteiger partial charge is 0.323 e. The molecule has 1 heterocycles. The number of hydrogen-bond donors (Lipinski definition) is 1. The first-order valence-corrected chi connectivity index (χ1v) is 6.99. The molecule has 1 aliphatic carbocycles. The number of aromatic nitrogens is 4. The van der Waals surface area contributed by atoms with Gasteiger partial charge in [-0.15, -0.1) is 5.10 Å². The molecular formula is C10H17N5O2S. The van der Waals surface area contributed by atoms with Crippen molar-refractivity contribution in [3.8, 4) is 0 Å². The minimum absolute atomic E-state index is 0.238. The van der Waals surface area contributed by atoms with Crippen molar-refractivity contribution >= 4 is 17.7 Å². The predicted octanol–water partition coefficient (Wildman–Crippen LogP) is 0.251. The standard InChI is InChI=1S/C10H17N5O2S/c1-3-17-9(16)8(11-2)6-18-10-12-13-14-15(10)7-4-5-7/h7-8,11H,3-6H2,1-2H3. The minimum atomic E-state index is -0.334. The van der Waals surface area contributed by atoms with Gasteiger partial charge in [0, 0.05) is 5.75 Å². The van der Waals surface area contributed by atoms with E-state index in [9.17, 15) is 4.79 Å². The van der Waals surface area contributed by atoms with E-state index in [2.05, 4.69) is 20.8 Å². The van der Waals surface area contributed by atoms with Crippen LogP contribution >= 0.6 is 11.8 Å². The third-order valence-electron chi connectivity index (χ3n) is 2.65. The maximum atomic E-state index is 11.6. The van der Waals surface area contributed by atoms with E-state index in [1.807, 2.05) is 4.68 Å². The highest BCUT2D eigenvalue weighted by Crippen LogP contribution is 2.36. The number of esters is 1. The van der Waals surface area contributed by atoms with Gasteiger partial charge in [-0.05, 0) is 37.2 Å². The maximum absolute atomic E-state index is 11.6. The fourth-order valence-electron chi connectivity index (χ4n) is 1.50. The van der Waals surface area contributed by atoms with Crippen molar-refractivity contribution in [1.82, 2.24) is 25.5 Å². The fraction of sp³-hybridized carbons (Fsp3) is 0.800. The molecule has 1 atom stereocenters.